The maximum absolute atomic E-state index is 13.9. The molecular formula is C38H35N3O6S2. The van der Waals surface area contributed by atoms with Crippen LogP contribution in [0.25, 0.3) is 16.5 Å². The number of amides is 1. The van der Waals surface area contributed by atoms with E-state index < -0.39 is 17.7 Å². The summed E-state index contributed by atoms with van der Waals surface area (Å²) in [6.07, 6.45) is 1.50. The number of thioether (sulfide) groups is 1. The van der Waals surface area contributed by atoms with E-state index in [0.717, 1.165) is 34.1 Å². The highest BCUT2D eigenvalue weighted by Gasteiger charge is 2.48. The third kappa shape index (κ3) is 6.36. The van der Waals surface area contributed by atoms with Gasteiger partial charge in [0.15, 0.2) is 15.8 Å². The van der Waals surface area contributed by atoms with Crippen LogP contribution in [0.15, 0.2) is 88.8 Å². The number of aliphatic hydroxyl groups is 1. The number of aliphatic hydroxyl groups excluding tert-OH is 1. The molecule has 3 heterocycles. The van der Waals surface area contributed by atoms with Crippen LogP contribution in [0.3, 0.4) is 0 Å². The Morgan fingerprint density at radius 3 is 2.67 bits per heavy atom. The van der Waals surface area contributed by atoms with Gasteiger partial charge < -0.3 is 19.3 Å². The SMILES string of the molecule is CCCOc1ccc([C@@H]2/C(=C(\O)c3ccc4c(c3)C[C@@H](C)O4)C(=O)C(=O)N2c2nnc(SCc3cccc4ccccc34)s2)cc1OCC. The molecule has 0 saturated carbocycles. The molecule has 2 atom stereocenters. The van der Waals surface area contributed by atoms with Gasteiger partial charge in [0.25, 0.3) is 5.78 Å². The summed E-state index contributed by atoms with van der Waals surface area (Å²) >= 11 is 2.74. The molecule has 0 spiro atoms. The van der Waals surface area contributed by atoms with Crippen molar-refractivity contribution < 1.29 is 28.9 Å². The molecule has 49 heavy (non-hydrogen) atoms. The van der Waals surface area contributed by atoms with E-state index in [1.807, 2.05) is 45.0 Å². The number of nitrogens with zero attached hydrogens (tertiary/aromatic N) is 3. The highest BCUT2D eigenvalue weighted by Crippen LogP contribution is 2.46. The Labute approximate surface area is 292 Å². The zero-order valence-electron chi connectivity index (χ0n) is 27.3. The summed E-state index contributed by atoms with van der Waals surface area (Å²) < 4.78 is 18.4. The standard InChI is InChI=1S/C38H35N3O6S2/c1-4-17-46-30-16-13-24(20-31(30)45-5-2)33-32(34(42)25-14-15-29-27(19-25)18-22(3)47-29)35(43)36(44)41(33)37-39-40-38(49-37)48-21-26-11-8-10-23-9-6-7-12-28(23)26/h6-16,19-20,22,33,42H,4-5,17-18,21H2,1-3H3/b34-32+/t22-,33-/m1/s1. The molecule has 1 aromatic heterocycles. The molecule has 2 aliphatic heterocycles. The van der Waals surface area contributed by atoms with Gasteiger partial charge in [-0.2, -0.15) is 0 Å². The Balaban J connectivity index is 1.28. The third-order valence-corrected chi connectivity index (χ3v) is 10.6. The fourth-order valence-electron chi connectivity index (χ4n) is 6.28. The van der Waals surface area contributed by atoms with Gasteiger partial charge in [0.1, 0.15) is 17.6 Å². The summed E-state index contributed by atoms with van der Waals surface area (Å²) in [6, 6.07) is 24.1. The first-order valence-corrected chi connectivity index (χ1v) is 18.1. The molecule has 250 valence electrons. The van der Waals surface area contributed by atoms with Crippen molar-refractivity contribution in [1.82, 2.24) is 10.2 Å². The molecule has 1 N–H and O–H groups in total. The first-order chi connectivity index (χ1) is 23.9. The Bertz CT molecular complexity index is 2090. The minimum Gasteiger partial charge on any atom is -0.507 e. The average Bonchev–Trinajstić information content (AvgIpc) is 3.81. The van der Waals surface area contributed by atoms with Crippen LogP contribution in [-0.2, 0) is 21.8 Å². The molecule has 0 unspecified atom stereocenters. The van der Waals surface area contributed by atoms with Crippen LogP contribution in [0.2, 0.25) is 0 Å². The number of hydrogen-bond acceptors (Lipinski definition) is 10. The topological polar surface area (TPSA) is 111 Å². The molecule has 1 amide bonds. The molecule has 4 aromatic carbocycles. The Morgan fingerprint density at radius 1 is 1.00 bits per heavy atom. The molecule has 1 saturated heterocycles. The second-order valence-electron chi connectivity index (χ2n) is 11.9. The Morgan fingerprint density at radius 2 is 1.84 bits per heavy atom. The molecule has 2 aliphatic rings. The molecule has 5 aromatic rings. The number of benzene rings is 4. The second kappa shape index (κ2) is 13.9. The largest absolute Gasteiger partial charge is 0.507 e. The number of fused-ring (bicyclic) bond motifs is 2. The van der Waals surface area contributed by atoms with E-state index >= 15 is 0 Å². The maximum Gasteiger partial charge on any atom is 0.301 e. The smallest absolute Gasteiger partial charge is 0.301 e. The Hall–Kier alpha value is -4.87. The lowest BCUT2D eigenvalue weighted by Gasteiger charge is -2.23. The van der Waals surface area contributed by atoms with Crippen LogP contribution in [-0.4, -0.2) is 46.3 Å². The molecule has 1 fully saturated rings. The van der Waals surface area contributed by atoms with Crippen LogP contribution >= 0.6 is 23.1 Å². The van der Waals surface area contributed by atoms with Crippen molar-refractivity contribution >= 4 is 56.5 Å². The fraction of sp³-hybridized carbons (Fsp3) is 0.263. The van der Waals surface area contributed by atoms with E-state index in [9.17, 15) is 14.7 Å². The number of Topliss-reactive ketones (excluding diaryl/α,β-unsaturated/α-hetero) is 1. The first kappa shape index (κ1) is 32.7. The molecule has 9 nitrogen and oxygen atoms in total. The molecule has 0 radical (unpaired) electrons. The quantitative estimate of drug-likeness (QED) is 0.0482. The van der Waals surface area contributed by atoms with Gasteiger partial charge in [0.2, 0.25) is 5.13 Å². The second-order valence-corrected chi connectivity index (χ2v) is 14.1. The van der Waals surface area contributed by atoms with Gasteiger partial charge in [-0.3, -0.25) is 14.5 Å². The highest BCUT2D eigenvalue weighted by atomic mass is 32.2. The van der Waals surface area contributed by atoms with Gasteiger partial charge in [0, 0.05) is 17.7 Å². The van der Waals surface area contributed by atoms with Crippen molar-refractivity contribution in [3.8, 4) is 17.2 Å². The number of aromatic nitrogens is 2. The Kier molecular flexibility index (Phi) is 9.29. The summed E-state index contributed by atoms with van der Waals surface area (Å²) in [7, 11) is 0. The molecule has 7 rings (SSSR count). The highest BCUT2D eigenvalue weighted by molar-refractivity contribution is 8.00. The molecule has 0 bridgehead atoms. The van der Waals surface area contributed by atoms with Crippen molar-refractivity contribution in [2.45, 2.75) is 55.9 Å². The van der Waals surface area contributed by atoms with E-state index in [1.165, 1.54) is 28.0 Å². The van der Waals surface area contributed by atoms with Crippen LogP contribution in [0.1, 0.15) is 55.5 Å². The summed E-state index contributed by atoms with van der Waals surface area (Å²) in [5.74, 6) is 0.551. The van der Waals surface area contributed by atoms with Crippen LogP contribution in [0.5, 0.6) is 17.2 Å². The van der Waals surface area contributed by atoms with Crippen LogP contribution in [0, 0.1) is 0 Å². The summed E-state index contributed by atoms with van der Waals surface area (Å²) in [5.41, 5.74) is 3.03. The first-order valence-electron chi connectivity index (χ1n) is 16.3. The van der Waals surface area contributed by atoms with Crippen molar-refractivity contribution in [2.75, 3.05) is 18.1 Å². The number of anilines is 1. The zero-order valence-corrected chi connectivity index (χ0v) is 29.0. The van der Waals surface area contributed by atoms with Crippen molar-refractivity contribution in [3.05, 3.63) is 107 Å². The maximum atomic E-state index is 13.9. The minimum atomic E-state index is -0.994. The van der Waals surface area contributed by atoms with Crippen molar-refractivity contribution in [2.24, 2.45) is 0 Å². The number of hydrogen-bond donors (Lipinski definition) is 1. The van der Waals surface area contributed by atoms with Gasteiger partial charge in [-0.25, -0.2) is 0 Å². The summed E-state index contributed by atoms with van der Waals surface area (Å²) in [5, 5.41) is 23.2. The van der Waals surface area contributed by atoms with E-state index in [2.05, 4.69) is 34.5 Å². The zero-order chi connectivity index (χ0) is 34.1. The average molecular weight is 694 g/mol. The van der Waals surface area contributed by atoms with Crippen LogP contribution < -0.4 is 19.1 Å². The summed E-state index contributed by atoms with van der Waals surface area (Å²) in [4.78, 5) is 29.1. The van der Waals surface area contributed by atoms with Crippen molar-refractivity contribution in [3.63, 3.8) is 0 Å². The normalized spacial score (nSPS) is 18.1. The number of ketones is 1. The fourth-order valence-corrected chi connectivity index (χ4v) is 8.15. The van der Waals surface area contributed by atoms with Gasteiger partial charge >= 0.3 is 5.91 Å². The van der Waals surface area contributed by atoms with Crippen LogP contribution in [0.4, 0.5) is 5.13 Å². The minimum absolute atomic E-state index is 0.00786. The lowest BCUT2D eigenvalue weighted by Crippen LogP contribution is -2.29. The number of ether oxygens (including phenoxy) is 3. The molecular weight excluding hydrogens is 659 g/mol. The lowest BCUT2D eigenvalue weighted by atomic mass is 9.94. The van der Waals surface area contributed by atoms with Gasteiger partial charge in [-0.05, 0) is 78.1 Å². The van der Waals surface area contributed by atoms with E-state index in [0.29, 0.717) is 52.4 Å². The third-order valence-electron chi connectivity index (χ3n) is 8.49. The van der Waals surface area contributed by atoms with E-state index in [-0.39, 0.29) is 22.6 Å². The monoisotopic (exact) mass is 693 g/mol. The molecule has 11 heteroatoms. The number of rotatable bonds is 11. The molecule has 0 aliphatic carbocycles. The van der Waals surface area contributed by atoms with Gasteiger partial charge in [-0.15, -0.1) is 10.2 Å². The number of carbonyl (C=O) groups is 2. The van der Waals surface area contributed by atoms with E-state index in [1.54, 1.807) is 30.3 Å². The summed E-state index contributed by atoms with van der Waals surface area (Å²) in [6.45, 7) is 6.76. The number of carbonyl (C=O) groups excluding carboxylic acids is 2. The van der Waals surface area contributed by atoms with E-state index in [4.69, 9.17) is 14.2 Å². The van der Waals surface area contributed by atoms with Crippen molar-refractivity contribution in [1.29, 1.82) is 0 Å². The predicted octanol–water partition coefficient (Wildman–Crippen LogP) is 8.12. The van der Waals surface area contributed by atoms with Gasteiger partial charge in [0.05, 0.1) is 24.8 Å². The predicted molar refractivity (Wildman–Crippen MR) is 192 cm³/mol. The lowest BCUT2D eigenvalue weighted by molar-refractivity contribution is -0.132. The van der Waals surface area contributed by atoms with Gasteiger partial charge in [-0.1, -0.05) is 78.6 Å².